The highest BCUT2D eigenvalue weighted by atomic mass is 16.5. The van der Waals surface area contributed by atoms with E-state index >= 15 is 0 Å². The van der Waals surface area contributed by atoms with Crippen LogP contribution >= 0.6 is 0 Å². The van der Waals surface area contributed by atoms with Gasteiger partial charge >= 0.3 is 0 Å². The molecule has 1 aliphatic rings. The molecule has 1 N–H and O–H groups in total. The van der Waals surface area contributed by atoms with Gasteiger partial charge in [-0.3, -0.25) is 4.79 Å². The second kappa shape index (κ2) is 8.32. The van der Waals surface area contributed by atoms with Gasteiger partial charge in [0.05, 0.1) is 24.8 Å². The lowest BCUT2D eigenvalue weighted by molar-refractivity contribution is 0.0938. The summed E-state index contributed by atoms with van der Waals surface area (Å²) in [5, 5.41) is 3.10. The van der Waals surface area contributed by atoms with Crippen molar-refractivity contribution >= 4 is 11.7 Å². The van der Waals surface area contributed by atoms with E-state index in [-0.39, 0.29) is 11.9 Å². The molecule has 5 heteroatoms. The fourth-order valence-corrected chi connectivity index (χ4v) is 3.13. The molecule has 1 atom stereocenters. The van der Waals surface area contributed by atoms with E-state index in [1.165, 1.54) is 5.56 Å². The van der Waals surface area contributed by atoms with E-state index in [0.29, 0.717) is 24.7 Å². The number of hydrogen-bond donors (Lipinski definition) is 1. The molecule has 1 aliphatic heterocycles. The predicted octanol–water partition coefficient (Wildman–Crippen LogP) is 3.53. The molecular weight excluding hydrogens is 326 g/mol. The molecule has 0 bridgehead atoms. The minimum atomic E-state index is -0.0972. The van der Waals surface area contributed by atoms with Crippen LogP contribution in [0.25, 0.3) is 0 Å². The number of morpholine rings is 1. The number of hydrogen-bond acceptors (Lipinski definition) is 4. The Hall–Kier alpha value is -2.40. The largest absolute Gasteiger partial charge is 0.378 e. The van der Waals surface area contributed by atoms with Gasteiger partial charge in [-0.15, -0.1) is 0 Å². The van der Waals surface area contributed by atoms with Crippen LogP contribution in [0.4, 0.5) is 5.82 Å². The van der Waals surface area contributed by atoms with Crippen LogP contribution < -0.4 is 10.2 Å². The predicted molar refractivity (Wildman–Crippen MR) is 104 cm³/mol. The van der Waals surface area contributed by atoms with Gasteiger partial charge in [0.2, 0.25) is 0 Å². The Kier molecular flexibility index (Phi) is 5.89. The Morgan fingerprint density at radius 2 is 1.73 bits per heavy atom. The molecule has 1 unspecified atom stereocenters. The number of carbonyl (C=O) groups is 1. The number of ether oxygens (including phenoxy) is 1. The molecule has 3 rings (SSSR count). The normalized spacial score (nSPS) is 15.8. The molecule has 2 aromatic rings. The Balaban J connectivity index is 1.73. The standard InChI is InChI=1S/C21H27N3O2/c1-15(2)17-6-8-18(9-7-17)16(3)23-21(25)19-5-4-10-22-20(19)24-11-13-26-14-12-24/h4-10,15-16H,11-14H2,1-3H3,(H,23,25). The highest BCUT2D eigenvalue weighted by Gasteiger charge is 2.21. The number of nitrogens with one attached hydrogen (secondary N) is 1. The summed E-state index contributed by atoms with van der Waals surface area (Å²) in [6.45, 7) is 9.19. The molecule has 2 heterocycles. The van der Waals surface area contributed by atoms with Crippen LogP contribution in [0.1, 0.15) is 54.2 Å². The quantitative estimate of drug-likeness (QED) is 0.893. The summed E-state index contributed by atoms with van der Waals surface area (Å²) in [5.41, 5.74) is 3.01. The van der Waals surface area contributed by atoms with Crippen LogP contribution in [0.15, 0.2) is 42.6 Å². The second-order valence-corrected chi connectivity index (χ2v) is 6.99. The van der Waals surface area contributed by atoms with Crippen molar-refractivity contribution in [2.75, 3.05) is 31.2 Å². The van der Waals surface area contributed by atoms with Gasteiger partial charge in [0.25, 0.3) is 5.91 Å². The molecule has 1 amide bonds. The number of aromatic nitrogens is 1. The lowest BCUT2D eigenvalue weighted by Gasteiger charge is -2.29. The summed E-state index contributed by atoms with van der Waals surface area (Å²) in [5.74, 6) is 1.14. The summed E-state index contributed by atoms with van der Waals surface area (Å²) in [4.78, 5) is 19.4. The fraction of sp³-hybridized carbons (Fsp3) is 0.429. The summed E-state index contributed by atoms with van der Waals surface area (Å²) < 4.78 is 5.40. The summed E-state index contributed by atoms with van der Waals surface area (Å²) in [7, 11) is 0. The highest BCUT2D eigenvalue weighted by molar-refractivity contribution is 5.99. The van der Waals surface area contributed by atoms with Crippen LogP contribution in [0.5, 0.6) is 0 Å². The maximum atomic E-state index is 12.9. The summed E-state index contributed by atoms with van der Waals surface area (Å²) >= 11 is 0. The Morgan fingerprint density at radius 3 is 2.38 bits per heavy atom. The third kappa shape index (κ3) is 4.22. The zero-order valence-electron chi connectivity index (χ0n) is 15.7. The van der Waals surface area contributed by atoms with Gasteiger partial charge in [-0.1, -0.05) is 38.1 Å². The maximum Gasteiger partial charge on any atom is 0.255 e. The molecular formula is C21H27N3O2. The van der Waals surface area contributed by atoms with E-state index in [9.17, 15) is 4.79 Å². The van der Waals surface area contributed by atoms with Crippen LogP contribution in [-0.2, 0) is 4.74 Å². The molecule has 0 radical (unpaired) electrons. The minimum absolute atomic E-state index is 0.0681. The molecule has 0 spiro atoms. The topological polar surface area (TPSA) is 54.5 Å². The van der Waals surface area contributed by atoms with Crippen molar-refractivity contribution < 1.29 is 9.53 Å². The Bertz CT molecular complexity index is 737. The van der Waals surface area contributed by atoms with Gasteiger partial charge in [-0.05, 0) is 36.1 Å². The smallest absolute Gasteiger partial charge is 0.255 e. The zero-order chi connectivity index (χ0) is 18.5. The zero-order valence-corrected chi connectivity index (χ0v) is 15.7. The van der Waals surface area contributed by atoms with Crippen molar-refractivity contribution in [2.45, 2.75) is 32.7 Å². The number of benzene rings is 1. The van der Waals surface area contributed by atoms with Gasteiger partial charge in [0.1, 0.15) is 5.82 Å². The average Bonchev–Trinajstić information content (AvgIpc) is 2.68. The summed E-state index contributed by atoms with van der Waals surface area (Å²) in [6, 6.07) is 12.0. The first kappa shape index (κ1) is 18.4. The minimum Gasteiger partial charge on any atom is -0.378 e. The number of pyridine rings is 1. The first-order valence-corrected chi connectivity index (χ1v) is 9.24. The van der Waals surface area contributed by atoms with Crippen LogP contribution in [0.2, 0.25) is 0 Å². The van der Waals surface area contributed by atoms with Crippen molar-refractivity contribution in [3.8, 4) is 0 Å². The molecule has 26 heavy (non-hydrogen) atoms. The van der Waals surface area contributed by atoms with Crippen LogP contribution in [0.3, 0.4) is 0 Å². The van der Waals surface area contributed by atoms with Crippen molar-refractivity contribution in [3.05, 3.63) is 59.3 Å². The van der Waals surface area contributed by atoms with Crippen molar-refractivity contribution in [2.24, 2.45) is 0 Å². The molecule has 1 fully saturated rings. The molecule has 138 valence electrons. The fourth-order valence-electron chi connectivity index (χ4n) is 3.13. The van der Waals surface area contributed by atoms with Gasteiger partial charge in [0, 0.05) is 19.3 Å². The molecule has 1 saturated heterocycles. The number of rotatable bonds is 5. The third-order valence-electron chi connectivity index (χ3n) is 4.79. The van der Waals surface area contributed by atoms with E-state index in [1.807, 2.05) is 13.0 Å². The van der Waals surface area contributed by atoms with Crippen molar-refractivity contribution in [1.82, 2.24) is 10.3 Å². The van der Waals surface area contributed by atoms with Gasteiger partial charge < -0.3 is 15.0 Å². The molecule has 5 nitrogen and oxygen atoms in total. The number of amides is 1. The number of nitrogens with zero attached hydrogens (tertiary/aromatic N) is 2. The van der Waals surface area contributed by atoms with Gasteiger partial charge in [0.15, 0.2) is 0 Å². The van der Waals surface area contributed by atoms with E-state index in [2.05, 4.69) is 53.3 Å². The first-order valence-electron chi connectivity index (χ1n) is 9.24. The number of carbonyl (C=O) groups excluding carboxylic acids is 1. The first-order chi connectivity index (χ1) is 12.6. The Morgan fingerprint density at radius 1 is 1.08 bits per heavy atom. The average molecular weight is 353 g/mol. The summed E-state index contributed by atoms with van der Waals surface area (Å²) in [6.07, 6.45) is 1.73. The van der Waals surface area contributed by atoms with Crippen LogP contribution in [0, 0.1) is 0 Å². The Labute approximate surface area is 155 Å². The van der Waals surface area contributed by atoms with Gasteiger partial charge in [-0.2, -0.15) is 0 Å². The molecule has 1 aromatic carbocycles. The lowest BCUT2D eigenvalue weighted by Crippen LogP contribution is -2.38. The SMILES string of the molecule is CC(C)c1ccc(C(C)NC(=O)c2cccnc2N2CCOCC2)cc1. The van der Waals surface area contributed by atoms with Crippen LogP contribution in [-0.4, -0.2) is 37.2 Å². The van der Waals surface area contributed by atoms with E-state index in [1.54, 1.807) is 12.3 Å². The third-order valence-corrected chi connectivity index (χ3v) is 4.79. The van der Waals surface area contributed by atoms with Gasteiger partial charge in [-0.25, -0.2) is 4.98 Å². The number of anilines is 1. The van der Waals surface area contributed by atoms with Crippen molar-refractivity contribution in [1.29, 1.82) is 0 Å². The van der Waals surface area contributed by atoms with E-state index in [0.717, 1.165) is 24.5 Å². The lowest BCUT2D eigenvalue weighted by atomic mass is 9.99. The second-order valence-electron chi connectivity index (χ2n) is 6.99. The van der Waals surface area contributed by atoms with E-state index < -0.39 is 0 Å². The molecule has 0 saturated carbocycles. The maximum absolute atomic E-state index is 12.9. The molecule has 1 aromatic heterocycles. The van der Waals surface area contributed by atoms with E-state index in [4.69, 9.17) is 4.74 Å². The van der Waals surface area contributed by atoms with Crippen molar-refractivity contribution in [3.63, 3.8) is 0 Å². The monoisotopic (exact) mass is 353 g/mol. The highest BCUT2D eigenvalue weighted by Crippen LogP contribution is 2.21. The molecule has 0 aliphatic carbocycles.